The fourth-order valence-electron chi connectivity index (χ4n) is 4.57. The second kappa shape index (κ2) is 10.5. The molecule has 33 heavy (non-hydrogen) atoms. The van der Waals surface area contributed by atoms with Gasteiger partial charge in [0, 0.05) is 37.6 Å². The Bertz CT molecular complexity index is 1070. The number of sulfonamides is 1. The fourth-order valence-corrected chi connectivity index (χ4v) is 8.16. The van der Waals surface area contributed by atoms with Crippen LogP contribution in [0.3, 0.4) is 0 Å². The van der Waals surface area contributed by atoms with Crippen molar-refractivity contribution in [2.45, 2.75) is 56.3 Å². The van der Waals surface area contributed by atoms with Gasteiger partial charge in [0.15, 0.2) is 0 Å². The molecular weight excluding hydrogens is 460 g/mol. The van der Waals surface area contributed by atoms with Gasteiger partial charge in [0.1, 0.15) is 9.96 Å². The van der Waals surface area contributed by atoms with Gasteiger partial charge in [0.2, 0.25) is 0 Å². The van der Waals surface area contributed by atoms with Crippen LogP contribution in [0.25, 0.3) is 0 Å². The molecule has 0 radical (unpaired) electrons. The van der Waals surface area contributed by atoms with Crippen LogP contribution in [0.4, 0.5) is 0 Å². The number of ether oxygens (including phenoxy) is 2. The van der Waals surface area contributed by atoms with Crippen molar-refractivity contribution < 1.29 is 22.7 Å². The van der Waals surface area contributed by atoms with E-state index in [0.29, 0.717) is 32.7 Å². The number of esters is 1. The highest BCUT2D eigenvalue weighted by Crippen LogP contribution is 2.38. The minimum Gasteiger partial charge on any atom is -0.494 e. The van der Waals surface area contributed by atoms with Crippen molar-refractivity contribution in [3.8, 4) is 5.75 Å². The molecule has 4 rings (SSSR count). The Morgan fingerprint density at radius 1 is 1.06 bits per heavy atom. The maximum Gasteiger partial charge on any atom is 0.340 e. The van der Waals surface area contributed by atoms with E-state index < -0.39 is 16.0 Å². The maximum atomic E-state index is 13.6. The molecule has 3 heterocycles. The van der Waals surface area contributed by atoms with Crippen LogP contribution >= 0.6 is 11.3 Å². The summed E-state index contributed by atoms with van der Waals surface area (Å²) in [5, 5.41) is 0. The van der Waals surface area contributed by atoms with E-state index >= 15 is 0 Å². The first-order valence-corrected chi connectivity index (χ1v) is 13.9. The minimum absolute atomic E-state index is 0.157. The van der Waals surface area contributed by atoms with Crippen LogP contribution in [0.15, 0.2) is 28.5 Å². The van der Waals surface area contributed by atoms with E-state index in [4.69, 9.17) is 9.47 Å². The van der Waals surface area contributed by atoms with Crippen molar-refractivity contribution in [3.63, 3.8) is 0 Å². The maximum absolute atomic E-state index is 13.6. The van der Waals surface area contributed by atoms with Crippen LogP contribution < -0.4 is 4.74 Å². The van der Waals surface area contributed by atoms with Crippen molar-refractivity contribution >= 4 is 27.3 Å². The van der Waals surface area contributed by atoms with Gasteiger partial charge >= 0.3 is 5.97 Å². The number of rotatable bonds is 7. The van der Waals surface area contributed by atoms with E-state index in [9.17, 15) is 13.2 Å². The first-order chi connectivity index (χ1) is 15.9. The van der Waals surface area contributed by atoms with Crippen LogP contribution in [-0.4, -0.2) is 56.9 Å². The molecule has 0 saturated carbocycles. The Hall–Kier alpha value is -1.94. The molecule has 1 aromatic carbocycles. The quantitative estimate of drug-likeness (QED) is 0.543. The van der Waals surface area contributed by atoms with Crippen LogP contribution in [-0.2, 0) is 34.3 Å². The zero-order chi connectivity index (χ0) is 23.4. The van der Waals surface area contributed by atoms with E-state index in [0.717, 1.165) is 55.0 Å². The molecule has 0 amide bonds. The van der Waals surface area contributed by atoms with E-state index in [1.54, 1.807) is 4.31 Å². The van der Waals surface area contributed by atoms with Crippen LogP contribution in [0.5, 0.6) is 5.75 Å². The summed E-state index contributed by atoms with van der Waals surface area (Å²) < 4.78 is 39.4. The summed E-state index contributed by atoms with van der Waals surface area (Å²) in [4.78, 5) is 15.9. The summed E-state index contributed by atoms with van der Waals surface area (Å²) in [7, 11) is -2.42. The fraction of sp³-hybridized carbons (Fsp3) is 0.542. The van der Waals surface area contributed by atoms with Crippen molar-refractivity contribution in [1.29, 1.82) is 0 Å². The molecule has 0 N–H and O–H groups in total. The topological polar surface area (TPSA) is 76.2 Å². The van der Waals surface area contributed by atoms with Gasteiger partial charge in [-0.25, -0.2) is 13.2 Å². The molecule has 2 aromatic rings. The number of methoxy groups -OCH3 is 1. The largest absolute Gasteiger partial charge is 0.494 e. The van der Waals surface area contributed by atoms with E-state index in [1.165, 1.54) is 24.0 Å². The number of carbonyl (C=O) groups is 1. The van der Waals surface area contributed by atoms with Gasteiger partial charge < -0.3 is 9.47 Å². The molecule has 1 aromatic heterocycles. The third kappa shape index (κ3) is 5.26. The smallest absolute Gasteiger partial charge is 0.340 e. The summed E-state index contributed by atoms with van der Waals surface area (Å²) in [5.41, 5.74) is 2.26. The molecule has 0 spiro atoms. The molecule has 2 aliphatic heterocycles. The minimum atomic E-state index is -3.73. The Labute approximate surface area is 200 Å². The van der Waals surface area contributed by atoms with Gasteiger partial charge in [0.25, 0.3) is 10.0 Å². The second-order valence-corrected chi connectivity index (χ2v) is 11.8. The molecule has 1 fully saturated rings. The summed E-state index contributed by atoms with van der Waals surface area (Å²) in [5.74, 6) is 0.298. The number of fused-ring (bicyclic) bond motifs is 1. The predicted molar refractivity (Wildman–Crippen MR) is 128 cm³/mol. The summed E-state index contributed by atoms with van der Waals surface area (Å²) in [6.07, 6.45) is 4.42. The van der Waals surface area contributed by atoms with Crippen molar-refractivity contribution in [3.05, 3.63) is 45.8 Å². The Kier molecular flexibility index (Phi) is 7.73. The molecule has 0 unspecified atom stereocenters. The zero-order valence-electron chi connectivity index (χ0n) is 19.3. The molecule has 0 atom stereocenters. The van der Waals surface area contributed by atoms with Crippen LogP contribution in [0.2, 0.25) is 0 Å². The van der Waals surface area contributed by atoms with Crippen molar-refractivity contribution in [2.75, 3.05) is 33.4 Å². The molecule has 0 aliphatic carbocycles. The van der Waals surface area contributed by atoms with Gasteiger partial charge in [-0.2, -0.15) is 4.31 Å². The summed E-state index contributed by atoms with van der Waals surface area (Å²) in [6.45, 7) is 5.75. The Morgan fingerprint density at radius 2 is 1.76 bits per heavy atom. The van der Waals surface area contributed by atoms with Gasteiger partial charge in [-0.15, -0.1) is 11.3 Å². The molecule has 2 aliphatic rings. The van der Waals surface area contributed by atoms with Gasteiger partial charge in [0.05, 0.1) is 19.3 Å². The lowest BCUT2D eigenvalue weighted by molar-refractivity contribution is 0.0595. The Morgan fingerprint density at radius 3 is 2.39 bits per heavy atom. The molecule has 9 heteroatoms. The third-order valence-corrected chi connectivity index (χ3v) is 9.88. The number of hydrogen-bond donors (Lipinski definition) is 0. The first kappa shape index (κ1) is 24.2. The highest BCUT2D eigenvalue weighted by Gasteiger charge is 2.37. The number of hydrogen-bond acceptors (Lipinski definition) is 7. The van der Waals surface area contributed by atoms with Crippen LogP contribution in [0, 0.1) is 0 Å². The average Bonchev–Trinajstić information content (AvgIpc) is 2.99. The zero-order valence-corrected chi connectivity index (χ0v) is 21.0. The number of thiophene rings is 1. The first-order valence-electron chi connectivity index (χ1n) is 11.6. The lowest BCUT2D eigenvalue weighted by Gasteiger charge is -2.27. The van der Waals surface area contributed by atoms with E-state index in [1.807, 2.05) is 19.1 Å². The number of nitrogens with zero attached hydrogens (tertiary/aromatic N) is 2. The van der Waals surface area contributed by atoms with Gasteiger partial charge in [-0.05, 0) is 49.4 Å². The van der Waals surface area contributed by atoms with E-state index in [-0.39, 0.29) is 9.77 Å². The van der Waals surface area contributed by atoms with E-state index in [2.05, 4.69) is 17.0 Å². The predicted octanol–water partition coefficient (Wildman–Crippen LogP) is 4.06. The number of benzene rings is 1. The molecule has 0 bridgehead atoms. The highest BCUT2D eigenvalue weighted by atomic mass is 32.2. The summed E-state index contributed by atoms with van der Waals surface area (Å²) >= 11 is 1.24. The standard InChI is InChI=1S/C24H32N2O5S2/c1-3-31-19-10-8-18(9-11-19)16-25-15-12-20-21(17-25)32-24(22(20)23(27)30-2)33(28,29)26-13-6-4-5-7-14-26/h8-11H,3-7,12-17H2,1-2H3. The van der Waals surface area contributed by atoms with Gasteiger partial charge in [-0.3, -0.25) is 4.90 Å². The second-order valence-electron chi connectivity index (χ2n) is 8.51. The molecule has 1 saturated heterocycles. The highest BCUT2D eigenvalue weighted by molar-refractivity contribution is 7.91. The number of carbonyl (C=O) groups excluding carboxylic acids is 1. The average molecular weight is 493 g/mol. The summed E-state index contributed by atoms with van der Waals surface area (Å²) in [6, 6.07) is 8.06. The van der Waals surface area contributed by atoms with Gasteiger partial charge in [-0.1, -0.05) is 25.0 Å². The third-order valence-electron chi connectivity index (χ3n) is 6.27. The lowest BCUT2D eigenvalue weighted by atomic mass is 10.0. The Balaban J connectivity index is 1.59. The van der Waals surface area contributed by atoms with Crippen molar-refractivity contribution in [1.82, 2.24) is 9.21 Å². The monoisotopic (exact) mass is 492 g/mol. The molecule has 180 valence electrons. The molecule has 7 nitrogen and oxygen atoms in total. The lowest BCUT2D eigenvalue weighted by Crippen LogP contribution is -2.32. The van der Waals surface area contributed by atoms with Crippen LogP contribution in [0.1, 0.15) is 59.0 Å². The normalized spacial score (nSPS) is 17.9. The molecular formula is C24H32N2O5S2. The van der Waals surface area contributed by atoms with Crippen molar-refractivity contribution in [2.24, 2.45) is 0 Å². The SMILES string of the molecule is CCOc1ccc(CN2CCc3c(sc(S(=O)(=O)N4CCCCCC4)c3C(=O)OC)C2)cc1.